The lowest BCUT2D eigenvalue weighted by Crippen LogP contribution is -2.11. The lowest BCUT2D eigenvalue weighted by Gasteiger charge is -2.11. The molecule has 0 heterocycles. The van der Waals surface area contributed by atoms with Crippen molar-refractivity contribution in [1.82, 2.24) is 0 Å². The third-order valence-corrected chi connectivity index (χ3v) is 4.11. The Bertz CT molecular complexity index is 258. The Morgan fingerprint density at radius 3 is 2.60 bits per heavy atom. The van der Waals surface area contributed by atoms with E-state index in [2.05, 4.69) is 4.52 Å². The molecule has 0 aliphatic heterocycles. The van der Waals surface area contributed by atoms with Crippen LogP contribution in [-0.2, 0) is 13.9 Å². The van der Waals surface area contributed by atoms with E-state index < -0.39 is 7.60 Å². The van der Waals surface area contributed by atoms with Gasteiger partial charge in [0.05, 0.1) is 6.61 Å². The number of ketones is 1. The predicted octanol–water partition coefficient (Wildman–Crippen LogP) is 2.36. The molecule has 0 spiro atoms. The Hall–Kier alpha value is -0.180. The van der Waals surface area contributed by atoms with Crippen LogP contribution in [0.25, 0.3) is 0 Å². The molecular formula is C10H19O4P. The van der Waals surface area contributed by atoms with Gasteiger partial charge in [0.15, 0.2) is 0 Å². The first-order valence-corrected chi connectivity index (χ1v) is 7.28. The van der Waals surface area contributed by atoms with Gasteiger partial charge in [0.1, 0.15) is 11.9 Å². The Kier molecular flexibility index (Phi) is 4.97. The molecule has 15 heavy (non-hydrogen) atoms. The molecular weight excluding hydrogens is 215 g/mol. The highest BCUT2D eigenvalue weighted by molar-refractivity contribution is 7.53. The van der Waals surface area contributed by atoms with Crippen molar-refractivity contribution in [2.24, 2.45) is 5.92 Å². The van der Waals surface area contributed by atoms with Gasteiger partial charge in [0.2, 0.25) is 0 Å². The minimum Gasteiger partial charge on any atom is -0.324 e. The van der Waals surface area contributed by atoms with Gasteiger partial charge in [0.25, 0.3) is 0 Å². The van der Waals surface area contributed by atoms with Crippen LogP contribution in [0.3, 0.4) is 0 Å². The number of Topliss-reactive ketones (excluding diaryl/α,β-unsaturated/α-hetero) is 1. The largest absolute Gasteiger partial charge is 0.335 e. The van der Waals surface area contributed by atoms with Crippen molar-refractivity contribution in [2.75, 3.05) is 12.8 Å². The Morgan fingerprint density at radius 2 is 2.07 bits per heavy atom. The molecule has 5 heteroatoms. The van der Waals surface area contributed by atoms with Gasteiger partial charge in [-0.25, -0.2) is 0 Å². The number of hydrogen-bond donors (Lipinski definition) is 1. The summed E-state index contributed by atoms with van der Waals surface area (Å²) < 4.78 is 16.0. The van der Waals surface area contributed by atoms with E-state index in [1.165, 1.54) is 12.8 Å². The molecule has 1 aliphatic rings. The molecule has 1 fully saturated rings. The van der Waals surface area contributed by atoms with Gasteiger partial charge in [-0.1, -0.05) is 25.7 Å². The SMILES string of the molecule is CCOP(=O)(O)CC(=O)CC1CCCC1. The summed E-state index contributed by atoms with van der Waals surface area (Å²) in [5, 5.41) is 0. The fraction of sp³-hybridized carbons (Fsp3) is 0.900. The van der Waals surface area contributed by atoms with Crippen LogP contribution in [0.15, 0.2) is 0 Å². The van der Waals surface area contributed by atoms with Gasteiger partial charge < -0.3 is 9.42 Å². The molecule has 1 saturated carbocycles. The number of carbonyl (C=O) groups excluding carboxylic acids is 1. The summed E-state index contributed by atoms with van der Waals surface area (Å²) in [6.07, 6.45) is 4.64. The lowest BCUT2D eigenvalue weighted by atomic mass is 10.0. The Labute approximate surface area is 90.6 Å². The summed E-state index contributed by atoms with van der Waals surface area (Å²) in [5.74, 6) is 0.292. The van der Waals surface area contributed by atoms with Crippen LogP contribution in [0.4, 0.5) is 0 Å². The topological polar surface area (TPSA) is 63.6 Å². The molecule has 0 aromatic carbocycles. The quantitative estimate of drug-likeness (QED) is 0.716. The Balaban J connectivity index is 2.31. The third kappa shape index (κ3) is 4.92. The van der Waals surface area contributed by atoms with Crippen molar-refractivity contribution in [1.29, 1.82) is 0 Å². The van der Waals surface area contributed by atoms with Crippen LogP contribution in [0.5, 0.6) is 0 Å². The predicted molar refractivity (Wildman–Crippen MR) is 57.9 cm³/mol. The van der Waals surface area contributed by atoms with Gasteiger partial charge in [-0.15, -0.1) is 0 Å². The van der Waals surface area contributed by atoms with E-state index in [0.717, 1.165) is 12.8 Å². The second kappa shape index (κ2) is 5.78. The van der Waals surface area contributed by atoms with Gasteiger partial charge in [0, 0.05) is 6.42 Å². The zero-order chi connectivity index (χ0) is 11.3. The minimum absolute atomic E-state index is 0.138. The van der Waals surface area contributed by atoms with Crippen molar-refractivity contribution in [3.8, 4) is 0 Å². The third-order valence-electron chi connectivity index (χ3n) is 2.70. The average Bonchev–Trinajstić information content (AvgIpc) is 2.54. The molecule has 1 aliphatic carbocycles. The highest BCUT2D eigenvalue weighted by Gasteiger charge is 2.26. The van der Waals surface area contributed by atoms with Crippen molar-refractivity contribution in [2.45, 2.75) is 39.0 Å². The van der Waals surface area contributed by atoms with Gasteiger partial charge in [-0.05, 0) is 12.8 Å². The highest BCUT2D eigenvalue weighted by Crippen LogP contribution is 2.42. The van der Waals surface area contributed by atoms with Crippen molar-refractivity contribution >= 4 is 13.4 Å². The fourth-order valence-corrected chi connectivity index (χ4v) is 3.14. The first kappa shape index (κ1) is 12.9. The maximum absolute atomic E-state index is 11.5. The molecule has 0 amide bonds. The molecule has 88 valence electrons. The van der Waals surface area contributed by atoms with Crippen LogP contribution in [0, 0.1) is 5.92 Å². The van der Waals surface area contributed by atoms with Gasteiger partial charge in [-0.3, -0.25) is 9.36 Å². The van der Waals surface area contributed by atoms with Crippen molar-refractivity contribution in [3.63, 3.8) is 0 Å². The smallest absolute Gasteiger partial charge is 0.324 e. The summed E-state index contributed by atoms with van der Waals surface area (Å²) in [7, 11) is -3.65. The first-order chi connectivity index (χ1) is 7.03. The molecule has 1 atom stereocenters. The molecule has 1 rings (SSSR count). The molecule has 0 aromatic rings. The number of carbonyl (C=O) groups is 1. The molecule has 1 unspecified atom stereocenters. The molecule has 1 N–H and O–H groups in total. The van der Waals surface area contributed by atoms with E-state index in [4.69, 9.17) is 0 Å². The standard InChI is InChI=1S/C10H19O4P/c1-2-14-15(12,13)8-10(11)7-9-5-3-4-6-9/h9H,2-8H2,1H3,(H,12,13). The summed E-state index contributed by atoms with van der Waals surface area (Å²) >= 11 is 0. The second-order valence-electron chi connectivity index (χ2n) is 4.11. The van der Waals surface area contributed by atoms with E-state index in [9.17, 15) is 14.3 Å². The van der Waals surface area contributed by atoms with Crippen molar-refractivity contribution in [3.05, 3.63) is 0 Å². The number of hydrogen-bond acceptors (Lipinski definition) is 3. The normalized spacial score (nSPS) is 21.5. The summed E-state index contributed by atoms with van der Waals surface area (Å²) in [5.41, 5.74) is 0. The van der Waals surface area contributed by atoms with E-state index in [0.29, 0.717) is 12.3 Å². The fourth-order valence-electron chi connectivity index (χ4n) is 2.07. The summed E-state index contributed by atoms with van der Waals surface area (Å²) in [6.45, 7) is 1.81. The van der Waals surface area contributed by atoms with E-state index in [1.807, 2.05) is 0 Å². The van der Waals surface area contributed by atoms with E-state index >= 15 is 0 Å². The van der Waals surface area contributed by atoms with E-state index in [-0.39, 0.29) is 18.6 Å². The van der Waals surface area contributed by atoms with Crippen LogP contribution in [0.2, 0.25) is 0 Å². The zero-order valence-corrected chi connectivity index (χ0v) is 10.0. The molecule has 4 nitrogen and oxygen atoms in total. The molecule has 0 saturated heterocycles. The van der Waals surface area contributed by atoms with Crippen molar-refractivity contribution < 1.29 is 18.8 Å². The van der Waals surface area contributed by atoms with Crippen LogP contribution in [-0.4, -0.2) is 23.4 Å². The number of rotatable bonds is 6. The highest BCUT2D eigenvalue weighted by atomic mass is 31.2. The molecule has 0 bridgehead atoms. The average molecular weight is 234 g/mol. The summed E-state index contributed by atoms with van der Waals surface area (Å²) in [4.78, 5) is 20.7. The maximum Gasteiger partial charge on any atom is 0.335 e. The van der Waals surface area contributed by atoms with Crippen LogP contribution >= 0.6 is 7.60 Å². The first-order valence-electron chi connectivity index (χ1n) is 5.51. The van der Waals surface area contributed by atoms with E-state index in [1.54, 1.807) is 6.92 Å². The second-order valence-corrected chi connectivity index (χ2v) is 5.96. The summed E-state index contributed by atoms with van der Waals surface area (Å²) in [6, 6.07) is 0. The van der Waals surface area contributed by atoms with Crippen LogP contribution < -0.4 is 0 Å². The Morgan fingerprint density at radius 1 is 1.47 bits per heavy atom. The van der Waals surface area contributed by atoms with Gasteiger partial charge in [-0.2, -0.15) is 0 Å². The zero-order valence-electron chi connectivity index (χ0n) is 9.15. The van der Waals surface area contributed by atoms with Crippen LogP contribution in [0.1, 0.15) is 39.0 Å². The molecule has 0 radical (unpaired) electrons. The monoisotopic (exact) mass is 234 g/mol. The lowest BCUT2D eigenvalue weighted by molar-refractivity contribution is -0.117. The van der Waals surface area contributed by atoms with Gasteiger partial charge >= 0.3 is 7.60 Å². The molecule has 0 aromatic heterocycles. The maximum atomic E-state index is 11.5. The minimum atomic E-state index is -3.65.